The molecule has 2 rings (SSSR count). The van der Waals surface area contributed by atoms with Crippen LogP contribution in [0.1, 0.15) is 36.0 Å². The molecular weight excluding hydrogens is 346 g/mol. The van der Waals surface area contributed by atoms with Crippen molar-refractivity contribution in [3.8, 4) is 0 Å². The summed E-state index contributed by atoms with van der Waals surface area (Å²) < 4.78 is 4.94. The highest BCUT2D eigenvalue weighted by molar-refractivity contribution is 5.94. The molecule has 1 aromatic rings. The average Bonchev–Trinajstić information content (AvgIpc) is 2.73. The topological polar surface area (TPSA) is 87.7 Å². The minimum absolute atomic E-state index is 0.0808. The van der Waals surface area contributed by atoms with Crippen molar-refractivity contribution >= 4 is 17.7 Å². The Morgan fingerprint density at radius 3 is 2.67 bits per heavy atom. The highest BCUT2D eigenvalue weighted by Crippen LogP contribution is 2.19. The Morgan fingerprint density at radius 1 is 1.22 bits per heavy atom. The Bertz CT molecular complexity index is 635. The quantitative estimate of drug-likeness (QED) is 0.732. The summed E-state index contributed by atoms with van der Waals surface area (Å²) in [7, 11) is 3.30. The van der Waals surface area contributed by atoms with Crippen molar-refractivity contribution in [1.82, 2.24) is 15.5 Å². The van der Waals surface area contributed by atoms with Gasteiger partial charge >= 0.3 is 0 Å². The lowest BCUT2D eigenvalue weighted by atomic mass is 9.96. The Balaban J connectivity index is 1.96. The summed E-state index contributed by atoms with van der Waals surface area (Å²) in [5.41, 5.74) is 0.599. The Morgan fingerprint density at radius 2 is 1.96 bits per heavy atom. The predicted molar refractivity (Wildman–Crippen MR) is 102 cm³/mol. The van der Waals surface area contributed by atoms with E-state index in [-0.39, 0.29) is 36.1 Å². The molecular formula is C20H29N3O4. The number of carbonyl (C=O) groups is 3. The van der Waals surface area contributed by atoms with Gasteiger partial charge < -0.3 is 20.3 Å². The van der Waals surface area contributed by atoms with E-state index >= 15 is 0 Å². The number of nitrogens with one attached hydrogen (secondary N) is 2. The fraction of sp³-hybridized carbons (Fsp3) is 0.550. The normalized spacial score (nSPS) is 21.0. The Labute approximate surface area is 160 Å². The number of hydrogen-bond acceptors (Lipinski definition) is 4. The third-order valence-electron chi connectivity index (χ3n) is 4.79. The van der Waals surface area contributed by atoms with Crippen LogP contribution < -0.4 is 10.6 Å². The maximum Gasteiger partial charge on any atom is 0.251 e. The molecule has 1 heterocycles. The van der Waals surface area contributed by atoms with Crippen molar-refractivity contribution in [3.63, 3.8) is 0 Å². The summed E-state index contributed by atoms with van der Waals surface area (Å²) >= 11 is 0. The van der Waals surface area contributed by atoms with Crippen LogP contribution in [0.15, 0.2) is 30.3 Å². The van der Waals surface area contributed by atoms with E-state index in [4.69, 9.17) is 4.74 Å². The first-order valence-corrected chi connectivity index (χ1v) is 9.37. The minimum Gasteiger partial charge on any atom is -0.383 e. The zero-order chi connectivity index (χ0) is 19.6. The van der Waals surface area contributed by atoms with Crippen molar-refractivity contribution in [2.24, 2.45) is 5.92 Å². The van der Waals surface area contributed by atoms with Crippen molar-refractivity contribution in [1.29, 1.82) is 0 Å². The summed E-state index contributed by atoms with van der Waals surface area (Å²) in [6.07, 6.45) is 2.30. The molecule has 2 atom stereocenters. The summed E-state index contributed by atoms with van der Waals surface area (Å²) in [4.78, 5) is 38.8. The first kappa shape index (κ1) is 20.9. The zero-order valence-electron chi connectivity index (χ0n) is 16.1. The van der Waals surface area contributed by atoms with Gasteiger partial charge in [-0.25, -0.2) is 0 Å². The average molecular weight is 375 g/mol. The molecule has 0 aliphatic carbocycles. The number of methoxy groups -OCH3 is 1. The molecule has 27 heavy (non-hydrogen) atoms. The fourth-order valence-corrected chi connectivity index (χ4v) is 3.22. The molecule has 1 saturated heterocycles. The smallest absolute Gasteiger partial charge is 0.251 e. The number of hydrogen-bond donors (Lipinski definition) is 2. The lowest BCUT2D eigenvalue weighted by molar-refractivity contribution is -0.135. The number of ether oxygens (including phenoxy) is 1. The van der Waals surface area contributed by atoms with Crippen LogP contribution in [0.3, 0.4) is 0 Å². The van der Waals surface area contributed by atoms with Crippen molar-refractivity contribution in [2.45, 2.75) is 31.7 Å². The lowest BCUT2D eigenvalue weighted by Gasteiger charge is -2.24. The second kappa shape index (κ2) is 10.7. The van der Waals surface area contributed by atoms with Gasteiger partial charge in [0.2, 0.25) is 11.8 Å². The maximum absolute atomic E-state index is 12.5. The SMILES string of the molecule is COCCNC(=O)[C@@H]1CCC[C@@H](NC(=O)c2ccccc2)CN(C)C(=O)C1. The second-order valence-corrected chi connectivity index (χ2v) is 6.93. The number of nitrogens with zero attached hydrogens (tertiary/aromatic N) is 1. The maximum atomic E-state index is 12.5. The largest absolute Gasteiger partial charge is 0.383 e. The van der Waals surface area contributed by atoms with Crippen molar-refractivity contribution < 1.29 is 19.1 Å². The molecule has 1 aromatic carbocycles. The van der Waals surface area contributed by atoms with Crippen LogP contribution >= 0.6 is 0 Å². The van der Waals surface area contributed by atoms with Gasteiger partial charge in [-0.1, -0.05) is 24.6 Å². The number of benzene rings is 1. The highest BCUT2D eigenvalue weighted by atomic mass is 16.5. The molecule has 0 saturated carbocycles. The fourth-order valence-electron chi connectivity index (χ4n) is 3.22. The van der Waals surface area contributed by atoms with Gasteiger partial charge in [0.15, 0.2) is 0 Å². The van der Waals surface area contributed by atoms with Gasteiger partial charge in [-0.05, 0) is 25.0 Å². The molecule has 2 N–H and O–H groups in total. The van der Waals surface area contributed by atoms with Gasteiger partial charge in [-0.15, -0.1) is 0 Å². The van der Waals surface area contributed by atoms with Gasteiger partial charge in [0, 0.05) is 51.2 Å². The summed E-state index contributed by atoms with van der Waals surface area (Å²) in [5.74, 6) is -0.682. The third kappa shape index (κ3) is 6.67. The van der Waals surface area contributed by atoms with Gasteiger partial charge in [-0.2, -0.15) is 0 Å². The van der Waals surface area contributed by atoms with E-state index in [1.165, 1.54) is 0 Å². The number of likely N-dealkylation sites (N-methyl/N-ethyl adjacent to an activating group) is 1. The van der Waals surface area contributed by atoms with Gasteiger partial charge in [0.05, 0.1) is 6.61 Å². The van der Waals surface area contributed by atoms with E-state index < -0.39 is 0 Å². The molecule has 0 unspecified atom stereocenters. The zero-order valence-corrected chi connectivity index (χ0v) is 16.1. The van der Waals surface area contributed by atoms with Gasteiger partial charge in [-0.3, -0.25) is 14.4 Å². The molecule has 1 aliphatic heterocycles. The van der Waals surface area contributed by atoms with E-state index in [9.17, 15) is 14.4 Å². The Hall–Kier alpha value is -2.41. The molecule has 0 aromatic heterocycles. The summed E-state index contributed by atoms with van der Waals surface area (Å²) in [5, 5.41) is 5.84. The molecule has 1 aliphatic rings. The van der Waals surface area contributed by atoms with Gasteiger partial charge in [0.1, 0.15) is 0 Å². The standard InChI is InChI=1S/C20H29N3O4/c1-23-14-17(22-20(26)15-7-4-3-5-8-15)10-6-9-16(13-18(23)24)19(25)21-11-12-27-2/h3-5,7-8,16-17H,6,9-14H2,1-2H3,(H,21,25)(H,22,26)/t16-,17-/m1/s1. The molecule has 148 valence electrons. The number of carbonyl (C=O) groups excluding carboxylic acids is 3. The van der Waals surface area contributed by atoms with Crippen molar-refractivity contribution in [2.75, 3.05) is 33.9 Å². The first-order valence-electron chi connectivity index (χ1n) is 9.37. The van der Waals surface area contributed by atoms with Crippen LogP contribution in [0.2, 0.25) is 0 Å². The highest BCUT2D eigenvalue weighted by Gasteiger charge is 2.27. The number of amides is 3. The van der Waals surface area contributed by atoms with Crippen molar-refractivity contribution in [3.05, 3.63) is 35.9 Å². The van der Waals surface area contributed by atoms with E-state index in [0.29, 0.717) is 31.7 Å². The molecule has 0 radical (unpaired) electrons. The monoisotopic (exact) mass is 375 g/mol. The van der Waals surface area contributed by atoms with E-state index in [2.05, 4.69) is 10.6 Å². The summed E-state index contributed by atoms with van der Waals surface area (Å²) in [6, 6.07) is 8.89. The van der Waals surface area contributed by atoms with E-state index in [1.807, 2.05) is 18.2 Å². The predicted octanol–water partition coefficient (Wildman–Crippen LogP) is 1.20. The number of rotatable bonds is 6. The molecule has 3 amide bonds. The van der Waals surface area contributed by atoms with Crippen LogP contribution in [-0.4, -0.2) is 62.5 Å². The van der Waals surface area contributed by atoms with E-state index in [1.54, 1.807) is 31.2 Å². The third-order valence-corrected chi connectivity index (χ3v) is 4.79. The van der Waals surface area contributed by atoms with Crippen LogP contribution in [0.5, 0.6) is 0 Å². The lowest BCUT2D eigenvalue weighted by Crippen LogP contribution is -2.44. The molecule has 0 bridgehead atoms. The molecule has 7 nitrogen and oxygen atoms in total. The van der Waals surface area contributed by atoms with Crippen LogP contribution in [0.25, 0.3) is 0 Å². The minimum atomic E-state index is -0.347. The van der Waals surface area contributed by atoms with Crippen LogP contribution in [-0.2, 0) is 14.3 Å². The molecule has 1 fully saturated rings. The molecule has 0 spiro atoms. The van der Waals surface area contributed by atoms with Gasteiger partial charge in [0.25, 0.3) is 5.91 Å². The van der Waals surface area contributed by atoms with Crippen LogP contribution in [0, 0.1) is 5.92 Å². The second-order valence-electron chi connectivity index (χ2n) is 6.93. The van der Waals surface area contributed by atoms with E-state index in [0.717, 1.165) is 12.8 Å². The van der Waals surface area contributed by atoms with Crippen LogP contribution in [0.4, 0.5) is 0 Å². The Kier molecular flexibility index (Phi) is 8.26. The first-order chi connectivity index (χ1) is 13.0. The summed E-state index contributed by atoms with van der Waals surface area (Å²) in [6.45, 7) is 1.32. The molecule has 7 heteroatoms.